The van der Waals surface area contributed by atoms with Crippen LogP contribution >= 0.6 is 0 Å². The molecule has 1 aliphatic rings. The maximum atomic E-state index is 13.6. The molecule has 1 aromatic heterocycles. The first kappa shape index (κ1) is 11.5. The fraction of sp³-hybridized carbons (Fsp3) is 0.462. The molecule has 0 aliphatic carbocycles. The molecule has 1 aliphatic heterocycles. The first-order valence-corrected chi connectivity index (χ1v) is 6.17. The van der Waals surface area contributed by atoms with Crippen molar-refractivity contribution in [1.29, 1.82) is 0 Å². The fourth-order valence-corrected chi connectivity index (χ4v) is 2.32. The molecule has 3 rings (SSSR count). The third kappa shape index (κ3) is 2.06. The van der Waals surface area contributed by atoms with Gasteiger partial charge in [0.1, 0.15) is 18.0 Å². The number of piperidine rings is 1. The van der Waals surface area contributed by atoms with Crippen molar-refractivity contribution in [3.05, 3.63) is 24.4 Å². The number of hydrogen-bond acceptors (Lipinski definition) is 3. The summed E-state index contributed by atoms with van der Waals surface area (Å²) in [5, 5.41) is 8.20. The van der Waals surface area contributed by atoms with Gasteiger partial charge in [0, 0.05) is 19.0 Å². The Bertz CT molecular complexity index is 554. The van der Waals surface area contributed by atoms with E-state index in [1.54, 1.807) is 6.20 Å². The molecule has 2 atom stereocenters. The third-order valence-corrected chi connectivity index (χ3v) is 3.35. The molecule has 0 amide bonds. The van der Waals surface area contributed by atoms with Crippen LogP contribution in [0.4, 0.5) is 4.39 Å². The molecular formula is C13H16FN3O. The van der Waals surface area contributed by atoms with E-state index in [9.17, 15) is 4.39 Å². The van der Waals surface area contributed by atoms with Gasteiger partial charge >= 0.3 is 0 Å². The second kappa shape index (κ2) is 4.57. The number of hydrogen-bond donors (Lipinski definition) is 1. The summed E-state index contributed by atoms with van der Waals surface area (Å²) in [5.74, 6) is 0.713. The molecule has 2 heterocycles. The molecule has 1 unspecified atom stereocenters. The highest BCUT2D eigenvalue weighted by atomic mass is 19.1. The van der Waals surface area contributed by atoms with Crippen LogP contribution in [0.2, 0.25) is 0 Å². The zero-order valence-electron chi connectivity index (χ0n) is 10.3. The Balaban J connectivity index is 1.81. The van der Waals surface area contributed by atoms with E-state index in [-0.39, 0.29) is 6.10 Å². The number of ether oxygens (including phenoxy) is 1. The quantitative estimate of drug-likeness (QED) is 0.879. The molecule has 1 aromatic carbocycles. The van der Waals surface area contributed by atoms with Gasteiger partial charge in [0.2, 0.25) is 0 Å². The molecule has 1 fully saturated rings. The third-order valence-electron chi connectivity index (χ3n) is 3.35. The summed E-state index contributed by atoms with van der Waals surface area (Å²) < 4.78 is 21.2. The van der Waals surface area contributed by atoms with E-state index in [0.29, 0.717) is 18.7 Å². The molecule has 0 saturated carbocycles. The van der Waals surface area contributed by atoms with Crippen LogP contribution in [0.15, 0.2) is 24.4 Å². The molecule has 0 spiro atoms. The van der Waals surface area contributed by atoms with Crippen molar-refractivity contribution in [3.8, 4) is 5.75 Å². The van der Waals surface area contributed by atoms with Crippen molar-refractivity contribution in [2.75, 3.05) is 13.1 Å². The molecule has 0 bridgehead atoms. The number of aromatic nitrogens is 2. The van der Waals surface area contributed by atoms with E-state index < -0.39 is 6.17 Å². The summed E-state index contributed by atoms with van der Waals surface area (Å²) in [4.78, 5) is 0. The van der Waals surface area contributed by atoms with Gasteiger partial charge < -0.3 is 10.1 Å². The highest BCUT2D eigenvalue weighted by Gasteiger charge is 2.26. The lowest BCUT2D eigenvalue weighted by atomic mass is 10.1. The topological polar surface area (TPSA) is 39.1 Å². The van der Waals surface area contributed by atoms with E-state index in [1.807, 2.05) is 29.9 Å². The summed E-state index contributed by atoms with van der Waals surface area (Å²) in [6.45, 7) is 1.18. The minimum atomic E-state index is -0.941. The summed E-state index contributed by atoms with van der Waals surface area (Å²) in [7, 11) is 1.90. The van der Waals surface area contributed by atoms with Crippen LogP contribution in [0.25, 0.3) is 10.9 Å². The van der Waals surface area contributed by atoms with E-state index in [0.717, 1.165) is 17.4 Å². The largest absolute Gasteiger partial charge is 0.487 e. The Kier molecular flexibility index (Phi) is 2.91. The van der Waals surface area contributed by atoms with Crippen LogP contribution in [-0.2, 0) is 7.05 Å². The standard InChI is InChI=1S/C13H16FN3O/c1-17-12-3-2-10(6-9(12)7-16-17)18-13-4-5-15-8-11(13)14/h2-3,6-7,11,13,15H,4-5,8H2,1H3/t11-,13?/m0/s1. The molecule has 1 saturated heterocycles. The monoisotopic (exact) mass is 249 g/mol. The molecular weight excluding hydrogens is 233 g/mol. The van der Waals surface area contributed by atoms with Crippen molar-refractivity contribution in [2.24, 2.45) is 7.05 Å². The van der Waals surface area contributed by atoms with Crippen molar-refractivity contribution >= 4 is 10.9 Å². The van der Waals surface area contributed by atoms with Gasteiger partial charge in [-0.3, -0.25) is 4.68 Å². The minimum Gasteiger partial charge on any atom is -0.487 e. The van der Waals surface area contributed by atoms with Gasteiger partial charge in [0.05, 0.1) is 11.7 Å². The van der Waals surface area contributed by atoms with Crippen molar-refractivity contribution in [3.63, 3.8) is 0 Å². The first-order valence-electron chi connectivity index (χ1n) is 6.17. The molecule has 1 N–H and O–H groups in total. The Hall–Kier alpha value is -1.62. The normalized spacial score (nSPS) is 24.3. The van der Waals surface area contributed by atoms with Crippen LogP contribution in [-0.4, -0.2) is 35.1 Å². The smallest absolute Gasteiger partial charge is 0.149 e. The minimum absolute atomic E-state index is 0.347. The number of halogens is 1. The Morgan fingerprint density at radius 1 is 1.50 bits per heavy atom. The molecule has 5 heteroatoms. The second-order valence-electron chi connectivity index (χ2n) is 4.65. The number of alkyl halides is 1. The second-order valence-corrected chi connectivity index (χ2v) is 4.65. The number of benzene rings is 1. The van der Waals surface area contributed by atoms with Gasteiger partial charge in [-0.25, -0.2) is 4.39 Å². The van der Waals surface area contributed by atoms with Gasteiger partial charge in [0.25, 0.3) is 0 Å². The number of nitrogens with one attached hydrogen (secondary N) is 1. The molecule has 0 radical (unpaired) electrons. The van der Waals surface area contributed by atoms with Crippen LogP contribution in [0.1, 0.15) is 6.42 Å². The van der Waals surface area contributed by atoms with E-state index >= 15 is 0 Å². The first-order chi connectivity index (χ1) is 8.74. The number of rotatable bonds is 2. The summed E-state index contributed by atoms with van der Waals surface area (Å²) in [6, 6.07) is 5.74. The lowest BCUT2D eigenvalue weighted by molar-refractivity contribution is 0.0733. The predicted octanol–water partition coefficient (Wildman–Crippen LogP) is 1.65. The highest BCUT2D eigenvalue weighted by Crippen LogP contribution is 2.23. The van der Waals surface area contributed by atoms with Crippen LogP contribution in [0.3, 0.4) is 0 Å². The molecule has 18 heavy (non-hydrogen) atoms. The summed E-state index contributed by atoms with van der Waals surface area (Å²) >= 11 is 0. The summed E-state index contributed by atoms with van der Waals surface area (Å²) in [5.41, 5.74) is 1.05. The SMILES string of the molecule is Cn1ncc2cc(OC3CCNC[C@@H]3F)ccc21. The average Bonchev–Trinajstić information content (AvgIpc) is 2.74. The van der Waals surface area contributed by atoms with E-state index in [4.69, 9.17) is 4.74 Å². The van der Waals surface area contributed by atoms with E-state index in [2.05, 4.69) is 10.4 Å². The van der Waals surface area contributed by atoms with Crippen molar-refractivity contribution < 1.29 is 9.13 Å². The molecule has 96 valence electrons. The number of nitrogens with zero attached hydrogens (tertiary/aromatic N) is 2. The summed E-state index contributed by atoms with van der Waals surface area (Å²) in [6.07, 6.45) is 1.20. The van der Waals surface area contributed by atoms with Crippen molar-refractivity contribution in [2.45, 2.75) is 18.7 Å². The lowest BCUT2D eigenvalue weighted by Gasteiger charge is -2.27. The Labute approximate surface area is 105 Å². The average molecular weight is 249 g/mol. The Morgan fingerprint density at radius 2 is 2.39 bits per heavy atom. The molecule has 2 aromatic rings. The van der Waals surface area contributed by atoms with E-state index in [1.165, 1.54) is 0 Å². The van der Waals surface area contributed by atoms with Crippen LogP contribution in [0.5, 0.6) is 5.75 Å². The van der Waals surface area contributed by atoms with Gasteiger partial charge in [-0.1, -0.05) is 0 Å². The zero-order valence-corrected chi connectivity index (χ0v) is 10.3. The van der Waals surface area contributed by atoms with Crippen LogP contribution in [0, 0.1) is 0 Å². The fourth-order valence-electron chi connectivity index (χ4n) is 2.32. The molecule has 4 nitrogen and oxygen atoms in total. The predicted molar refractivity (Wildman–Crippen MR) is 67.5 cm³/mol. The highest BCUT2D eigenvalue weighted by molar-refractivity contribution is 5.80. The van der Waals surface area contributed by atoms with Gasteiger partial charge in [0.15, 0.2) is 0 Å². The maximum Gasteiger partial charge on any atom is 0.149 e. The maximum absolute atomic E-state index is 13.6. The number of fused-ring (bicyclic) bond motifs is 1. The van der Waals surface area contributed by atoms with Gasteiger partial charge in [-0.2, -0.15) is 5.10 Å². The Morgan fingerprint density at radius 3 is 3.22 bits per heavy atom. The number of aryl methyl sites for hydroxylation is 1. The van der Waals surface area contributed by atoms with Crippen molar-refractivity contribution in [1.82, 2.24) is 15.1 Å². The zero-order chi connectivity index (χ0) is 12.5. The van der Waals surface area contributed by atoms with Gasteiger partial charge in [-0.05, 0) is 31.2 Å². The van der Waals surface area contributed by atoms with Gasteiger partial charge in [-0.15, -0.1) is 0 Å². The van der Waals surface area contributed by atoms with Crippen LogP contribution < -0.4 is 10.1 Å². The lowest BCUT2D eigenvalue weighted by Crippen LogP contribution is -2.44.